The lowest BCUT2D eigenvalue weighted by molar-refractivity contribution is 0.0951. The van der Waals surface area contributed by atoms with Crippen molar-refractivity contribution in [3.8, 4) is 0 Å². The summed E-state index contributed by atoms with van der Waals surface area (Å²) in [7, 11) is 0. The zero-order valence-corrected chi connectivity index (χ0v) is 11.8. The van der Waals surface area contributed by atoms with Crippen LogP contribution in [0.1, 0.15) is 21.8 Å². The normalized spacial score (nSPS) is 10.2. The van der Waals surface area contributed by atoms with E-state index in [9.17, 15) is 4.79 Å². The van der Waals surface area contributed by atoms with Gasteiger partial charge < -0.3 is 15.7 Å². The van der Waals surface area contributed by atoms with E-state index >= 15 is 0 Å². The Hall–Kier alpha value is -1.92. The topological polar surface area (TPSA) is 74.2 Å². The Morgan fingerprint density at radius 3 is 2.75 bits per heavy atom. The van der Waals surface area contributed by atoms with Crippen molar-refractivity contribution in [3.63, 3.8) is 0 Å². The summed E-state index contributed by atoms with van der Waals surface area (Å²) in [5.74, 6) is -0.120. The number of aliphatic hydroxyl groups excluding tert-OH is 1. The lowest BCUT2D eigenvalue weighted by atomic mass is 10.2. The second-order valence-electron chi connectivity index (χ2n) is 4.19. The number of nitrogens with one attached hydrogen (secondary N) is 2. The SMILES string of the molecule is O=C(NCCCO)c1ccc(NCc2nccs2)cc1. The highest BCUT2D eigenvalue weighted by atomic mass is 32.1. The number of benzene rings is 1. The van der Waals surface area contributed by atoms with Gasteiger partial charge in [0.05, 0.1) is 6.54 Å². The van der Waals surface area contributed by atoms with E-state index < -0.39 is 0 Å². The Morgan fingerprint density at radius 1 is 1.30 bits per heavy atom. The summed E-state index contributed by atoms with van der Waals surface area (Å²) in [5.41, 5.74) is 1.56. The van der Waals surface area contributed by atoms with E-state index in [1.807, 2.05) is 17.5 Å². The van der Waals surface area contributed by atoms with Crippen LogP contribution < -0.4 is 10.6 Å². The molecule has 3 N–H and O–H groups in total. The standard InChI is InChI=1S/C14H17N3O2S/c18-8-1-6-16-14(19)11-2-4-12(5-3-11)17-10-13-15-7-9-20-13/h2-5,7,9,17-18H,1,6,8,10H2,(H,16,19). The van der Waals surface area contributed by atoms with Crippen molar-refractivity contribution in [2.45, 2.75) is 13.0 Å². The lowest BCUT2D eigenvalue weighted by Crippen LogP contribution is -2.24. The van der Waals surface area contributed by atoms with Gasteiger partial charge in [0.1, 0.15) is 5.01 Å². The van der Waals surface area contributed by atoms with Crippen LogP contribution in [0.5, 0.6) is 0 Å². The molecule has 0 saturated carbocycles. The molecule has 5 nitrogen and oxygen atoms in total. The average molecular weight is 291 g/mol. The van der Waals surface area contributed by atoms with Gasteiger partial charge in [-0.15, -0.1) is 11.3 Å². The molecule has 2 rings (SSSR count). The molecule has 0 fully saturated rings. The van der Waals surface area contributed by atoms with Gasteiger partial charge in [-0.1, -0.05) is 0 Å². The summed E-state index contributed by atoms with van der Waals surface area (Å²) in [4.78, 5) is 15.9. The Labute approximate surface area is 121 Å². The first-order valence-electron chi connectivity index (χ1n) is 6.41. The third-order valence-corrected chi connectivity index (χ3v) is 3.47. The number of aromatic nitrogens is 1. The first-order chi connectivity index (χ1) is 9.79. The fourth-order valence-electron chi connectivity index (χ4n) is 1.64. The van der Waals surface area contributed by atoms with Crippen molar-refractivity contribution in [3.05, 3.63) is 46.4 Å². The number of rotatable bonds is 7. The van der Waals surface area contributed by atoms with Gasteiger partial charge in [-0.3, -0.25) is 4.79 Å². The first-order valence-corrected chi connectivity index (χ1v) is 7.29. The van der Waals surface area contributed by atoms with Crippen molar-refractivity contribution in [2.75, 3.05) is 18.5 Å². The van der Waals surface area contributed by atoms with Crippen LogP contribution in [0.2, 0.25) is 0 Å². The molecule has 1 amide bonds. The van der Waals surface area contributed by atoms with Crippen LogP contribution in [-0.2, 0) is 6.54 Å². The molecule has 20 heavy (non-hydrogen) atoms. The van der Waals surface area contributed by atoms with Crippen molar-refractivity contribution in [2.24, 2.45) is 0 Å². The van der Waals surface area contributed by atoms with Gasteiger partial charge in [-0.05, 0) is 30.7 Å². The van der Waals surface area contributed by atoms with Crippen LogP contribution in [0.15, 0.2) is 35.8 Å². The quantitative estimate of drug-likeness (QED) is 0.681. The Kier molecular flexibility index (Phi) is 5.52. The van der Waals surface area contributed by atoms with Gasteiger partial charge in [0.25, 0.3) is 5.91 Å². The van der Waals surface area contributed by atoms with Crippen molar-refractivity contribution in [1.29, 1.82) is 0 Å². The molecule has 1 heterocycles. The largest absolute Gasteiger partial charge is 0.396 e. The van der Waals surface area contributed by atoms with Crippen LogP contribution in [0, 0.1) is 0 Å². The van der Waals surface area contributed by atoms with E-state index in [0.717, 1.165) is 10.7 Å². The predicted octanol–water partition coefficient (Wildman–Crippen LogP) is 1.87. The van der Waals surface area contributed by atoms with E-state index in [2.05, 4.69) is 15.6 Å². The monoisotopic (exact) mass is 291 g/mol. The summed E-state index contributed by atoms with van der Waals surface area (Å²) in [6, 6.07) is 7.29. The van der Waals surface area contributed by atoms with E-state index in [4.69, 9.17) is 5.11 Å². The number of anilines is 1. The zero-order valence-electron chi connectivity index (χ0n) is 11.0. The second kappa shape index (κ2) is 7.62. The molecule has 0 aliphatic carbocycles. The number of aliphatic hydroxyl groups is 1. The van der Waals surface area contributed by atoms with Crippen LogP contribution >= 0.6 is 11.3 Å². The number of nitrogens with zero attached hydrogens (tertiary/aromatic N) is 1. The first kappa shape index (κ1) is 14.5. The maximum absolute atomic E-state index is 11.8. The lowest BCUT2D eigenvalue weighted by Gasteiger charge is -2.07. The summed E-state index contributed by atoms with van der Waals surface area (Å²) < 4.78 is 0. The summed E-state index contributed by atoms with van der Waals surface area (Å²) >= 11 is 1.60. The molecular weight excluding hydrogens is 274 g/mol. The number of carbonyl (C=O) groups excluding carboxylic acids is 1. The van der Waals surface area contributed by atoms with Gasteiger partial charge in [0.15, 0.2) is 0 Å². The number of amides is 1. The summed E-state index contributed by atoms with van der Waals surface area (Å²) in [5, 5.41) is 17.6. The fraction of sp³-hybridized carbons (Fsp3) is 0.286. The highest BCUT2D eigenvalue weighted by molar-refractivity contribution is 7.09. The molecule has 106 valence electrons. The predicted molar refractivity (Wildman–Crippen MR) is 79.9 cm³/mol. The molecule has 0 aliphatic heterocycles. The van der Waals surface area contributed by atoms with Crippen LogP contribution in [0.4, 0.5) is 5.69 Å². The molecule has 0 saturated heterocycles. The molecule has 0 aliphatic rings. The highest BCUT2D eigenvalue weighted by Gasteiger charge is 2.04. The van der Waals surface area contributed by atoms with Gasteiger partial charge in [-0.2, -0.15) is 0 Å². The maximum atomic E-state index is 11.8. The van der Waals surface area contributed by atoms with E-state index in [-0.39, 0.29) is 12.5 Å². The maximum Gasteiger partial charge on any atom is 0.251 e. The minimum atomic E-state index is -0.120. The van der Waals surface area contributed by atoms with E-state index in [1.54, 1.807) is 29.7 Å². The van der Waals surface area contributed by atoms with E-state index in [0.29, 0.717) is 25.1 Å². The number of hydrogen-bond acceptors (Lipinski definition) is 5. The van der Waals surface area contributed by atoms with Crippen molar-refractivity contribution >= 4 is 22.9 Å². The van der Waals surface area contributed by atoms with Crippen molar-refractivity contribution < 1.29 is 9.90 Å². The van der Waals surface area contributed by atoms with Gasteiger partial charge in [0.2, 0.25) is 0 Å². The Balaban J connectivity index is 1.84. The Bertz CT molecular complexity index is 526. The third kappa shape index (κ3) is 4.32. The van der Waals surface area contributed by atoms with E-state index in [1.165, 1.54) is 0 Å². The molecule has 1 aromatic heterocycles. The van der Waals surface area contributed by atoms with Crippen molar-refractivity contribution in [1.82, 2.24) is 10.3 Å². The molecule has 1 aromatic carbocycles. The third-order valence-electron chi connectivity index (χ3n) is 2.69. The molecule has 0 spiro atoms. The molecular formula is C14H17N3O2S. The zero-order chi connectivity index (χ0) is 14.2. The highest BCUT2D eigenvalue weighted by Crippen LogP contribution is 2.12. The average Bonchev–Trinajstić information content (AvgIpc) is 2.99. The number of carbonyl (C=O) groups is 1. The van der Waals surface area contributed by atoms with Gasteiger partial charge in [-0.25, -0.2) is 4.98 Å². The van der Waals surface area contributed by atoms with Crippen LogP contribution in [0.25, 0.3) is 0 Å². The van der Waals surface area contributed by atoms with Crippen LogP contribution in [-0.4, -0.2) is 29.1 Å². The number of thiazole rings is 1. The molecule has 0 atom stereocenters. The van der Waals surface area contributed by atoms with Crippen LogP contribution in [0.3, 0.4) is 0 Å². The molecule has 2 aromatic rings. The molecule has 6 heteroatoms. The Morgan fingerprint density at radius 2 is 2.10 bits per heavy atom. The second-order valence-corrected chi connectivity index (χ2v) is 5.17. The van der Waals surface area contributed by atoms with Gasteiger partial charge in [0, 0.05) is 36.0 Å². The number of hydrogen-bond donors (Lipinski definition) is 3. The molecule has 0 unspecified atom stereocenters. The summed E-state index contributed by atoms with van der Waals surface area (Å²) in [6.45, 7) is 1.25. The minimum Gasteiger partial charge on any atom is -0.396 e. The fourth-order valence-corrected chi connectivity index (χ4v) is 2.20. The minimum absolute atomic E-state index is 0.0832. The summed E-state index contributed by atoms with van der Waals surface area (Å²) in [6.07, 6.45) is 2.35. The smallest absolute Gasteiger partial charge is 0.251 e. The molecule has 0 radical (unpaired) electrons. The van der Waals surface area contributed by atoms with Gasteiger partial charge >= 0.3 is 0 Å². The molecule has 0 bridgehead atoms.